The van der Waals surface area contributed by atoms with E-state index in [2.05, 4.69) is 0 Å². The molecule has 2 aromatic rings. The van der Waals surface area contributed by atoms with Crippen LogP contribution in [0.1, 0.15) is 37.8 Å². The molecule has 11 heteroatoms. The highest BCUT2D eigenvalue weighted by Crippen LogP contribution is 2.44. The third-order valence-corrected chi connectivity index (χ3v) is 7.41. The molecule has 1 fully saturated rings. The summed E-state index contributed by atoms with van der Waals surface area (Å²) in [5.41, 5.74) is 3.59. The van der Waals surface area contributed by atoms with Crippen LogP contribution in [0.2, 0.25) is 0 Å². The van der Waals surface area contributed by atoms with Gasteiger partial charge in [0, 0.05) is 31.5 Å². The van der Waals surface area contributed by atoms with Crippen molar-refractivity contribution < 1.29 is 44.6 Å². The predicted molar refractivity (Wildman–Crippen MR) is 149 cm³/mol. The van der Waals surface area contributed by atoms with Gasteiger partial charge in [0.1, 0.15) is 36.6 Å². The number of carbonyl (C=O) groups excluding carboxylic acids is 2. The summed E-state index contributed by atoms with van der Waals surface area (Å²) >= 11 is 0. The summed E-state index contributed by atoms with van der Waals surface area (Å²) in [6, 6.07) is 15.8. The number of ether oxygens (including phenoxy) is 2. The van der Waals surface area contributed by atoms with Gasteiger partial charge in [0.15, 0.2) is 0 Å². The Kier molecular flexibility index (Phi) is 9.55. The first-order valence-electron chi connectivity index (χ1n) is 13.8. The molecule has 2 aliphatic rings. The number of aliphatic hydroxyl groups excluding tert-OH is 5. The predicted octanol–water partition coefficient (Wildman–Crippen LogP) is 1.54. The average molecular weight is 573 g/mol. The maximum atomic E-state index is 13.4. The topological polar surface area (TPSA) is 160 Å². The van der Waals surface area contributed by atoms with E-state index < -0.39 is 55.4 Å². The fraction of sp³-hybridized carbons (Fsp3) is 0.533. The SMILES string of the molecule is CC(C)(C)OC(=O)N1CC(CN(CC(O)C(O)C(O)C(O)CO)C(=O)OCC2c3ccccc3-c3ccccc32)C1. The van der Waals surface area contributed by atoms with E-state index in [9.17, 15) is 30.0 Å². The van der Waals surface area contributed by atoms with Crippen molar-refractivity contribution in [3.8, 4) is 11.1 Å². The molecule has 1 saturated heterocycles. The molecule has 1 aliphatic heterocycles. The van der Waals surface area contributed by atoms with Crippen LogP contribution in [0, 0.1) is 5.92 Å². The highest BCUT2D eigenvalue weighted by Gasteiger charge is 2.38. The number of nitrogens with zero attached hydrogens (tertiary/aromatic N) is 2. The van der Waals surface area contributed by atoms with Crippen molar-refractivity contribution in [3.05, 3.63) is 59.7 Å². The van der Waals surface area contributed by atoms with E-state index in [1.54, 1.807) is 20.8 Å². The molecule has 224 valence electrons. The standard InChI is InChI=1S/C30H40N2O9/c1-30(2,3)41-29(39)31-12-18(13-31)14-32(15-24(34)26(36)27(37)25(35)16-33)28(38)40-17-23-21-10-6-4-8-19(21)20-9-5-7-11-22(20)23/h4-11,18,23-27,33-37H,12-17H2,1-3H3. The largest absolute Gasteiger partial charge is 0.448 e. The van der Waals surface area contributed by atoms with Crippen LogP contribution in [-0.4, -0.2) is 117 Å². The zero-order valence-electron chi connectivity index (χ0n) is 23.6. The third-order valence-electron chi connectivity index (χ3n) is 7.41. The van der Waals surface area contributed by atoms with E-state index in [0.717, 1.165) is 22.3 Å². The molecule has 4 unspecified atom stereocenters. The van der Waals surface area contributed by atoms with Crippen molar-refractivity contribution in [2.45, 2.75) is 56.7 Å². The molecule has 2 aromatic carbocycles. The molecular formula is C30H40N2O9. The van der Waals surface area contributed by atoms with E-state index in [1.807, 2.05) is 48.5 Å². The summed E-state index contributed by atoms with van der Waals surface area (Å²) in [4.78, 5) is 28.5. The summed E-state index contributed by atoms with van der Waals surface area (Å²) in [5, 5.41) is 49.8. The van der Waals surface area contributed by atoms with Gasteiger partial charge in [-0.05, 0) is 43.0 Å². The quantitative estimate of drug-likeness (QED) is 0.285. The number of carbonyl (C=O) groups is 2. The second kappa shape index (κ2) is 12.7. The molecule has 41 heavy (non-hydrogen) atoms. The Hall–Kier alpha value is -3.22. The second-order valence-corrected chi connectivity index (χ2v) is 11.8. The number of likely N-dealkylation sites (tertiary alicyclic amines) is 1. The Morgan fingerprint density at radius 1 is 0.927 bits per heavy atom. The number of rotatable bonds is 10. The first-order valence-corrected chi connectivity index (χ1v) is 13.8. The van der Waals surface area contributed by atoms with Gasteiger partial charge in [-0.2, -0.15) is 0 Å². The fourth-order valence-electron chi connectivity index (χ4n) is 5.28. The molecule has 0 bridgehead atoms. The lowest BCUT2D eigenvalue weighted by Crippen LogP contribution is -2.57. The van der Waals surface area contributed by atoms with E-state index in [1.165, 1.54) is 9.80 Å². The van der Waals surface area contributed by atoms with Gasteiger partial charge in [-0.15, -0.1) is 0 Å². The number of fused-ring (bicyclic) bond motifs is 3. The molecule has 0 saturated carbocycles. The molecule has 4 atom stereocenters. The first-order chi connectivity index (χ1) is 19.4. The molecule has 2 amide bonds. The Labute approximate surface area is 239 Å². The third kappa shape index (κ3) is 7.17. The lowest BCUT2D eigenvalue weighted by atomic mass is 9.98. The van der Waals surface area contributed by atoms with Crippen molar-refractivity contribution in [2.75, 3.05) is 39.4 Å². The van der Waals surface area contributed by atoms with Crippen molar-refractivity contribution >= 4 is 12.2 Å². The van der Waals surface area contributed by atoms with Gasteiger partial charge in [0.25, 0.3) is 0 Å². The van der Waals surface area contributed by atoms with E-state index >= 15 is 0 Å². The number of hydrogen-bond acceptors (Lipinski definition) is 9. The van der Waals surface area contributed by atoms with Gasteiger partial charge in [0.2, 0.25) is 0 Å². The Bertz CT molecular complexity index is 1160. The molecule has 0 aromatic heterocycles. The van der Waals surface area contributed by atoms with Crippen LogP contribution in [-0.2, 0) is 9.47 Å². The molecule has 4 rings (SSSR count). The average Bonchev–Trinajstić information content (AvgIpc) is 3.23. The summed E-state index contributed by atoms with van der Waals surface area (Å²) < 4.78 is 11.1. The van der Waals surface area contributed by atoms with Crippen LogP contribution < -0.4 is 0 Å². The van der Waals surface area contributed by atoms with E-state index in [4.69, 9.17) is 14.6 Å². The van der Waals surface area contributed by atoms with Crippen LogP contribution in [0.5, 0.6) is 0 Å². The first kappa shape index (κ1) is 30.7. The van der Waals surface area contributed by atoms with Crippen LogP contribution >= 0.6 is 0 Å². The zero-order chi connectivity index (χ0) is 29.9. The molecule has 0 radical (unpaired) electrons. The monoisotopic (exact) mass is 572 g/mol. The normalized spacial score (nSPS) is 18.0. The van der Waals surface area contributed by atoms with Gasteiger partial charge in [0.05, 0.1) is 13.2 Å². The minimum Gasteiger partial charge on any atom is -0.448 e. The molecule has 1 heterocycles. The highest BCUT2D eigenvalue weighted by atomic mass is 16.6. The van der Waals surface area contributed by atoms with Crippen molar-refractivity contribution in [1.29, 1.82) is 0 Å². The summed E-state index contributed by atoms with van der Waals surface area (Å²) in [7, 11) is 0. The van der Waals surface area contributed by atoms with Crippen LogP contribution in [0.4, 0.5) is 9.59 Å². The van der Waals surface area contributed by atoms with E-state index in [0.29, 0.717) is 13.1 Å². The van der Waals surface area contributed by atoms with E-state index in [-0.39, 0.29) is 25.0 Å². The Morgan fingerprint density at radius 2 is 1.46 bits per heavy atom. The number of hydrogen-bond donors (Lipinski definition) is 5. The lowest BCUT2D eigenvalue weighted by molar-refractivity contribution is -0.119. The maximum Gasteiger partial charge on any atom is 0.410 e. The number of aliphatic hydroxyl groups is 5. The fourth-order valence-corrected chi connectivity index (χ4v) is 5.28. The molecular weight excluding hydrogens is 532 g/mol. The summed E-state index contributed by atoms with van der Waals surface area (Å²) in [6.45, 7) is 4.90. The van der Waals surface area contributed by atoms with Crippen LogP contribution in [0.3, 0.4) is 0 Å². The molecule has 1 aliphatic carbocycles. The van der Waals surface area contributed by atoms with Crippen molar-refractivity contribution in [2.24, 2.45) is 5.92 Å². The van der Waals surface area contributed by atoms with Gasteiger partial charge >= 0.3 is 12.2 Å². The van der Waals surface area contributed by atoms with Gasteiger partial charge in [-0.25, -0.2) is 9.59 Å². The molecule has 0 spiro atoms. The lowest BCUT2D eigenvalue weighted by Gasteiger charge is -2.42. The summed E-state index contributed by atoms with van der Waals surface area (Å²) in [6.07, 6.45) is -8.17. The number of amides is 2. The summed E-state index contributed by atoms with van der Waals surface area (Å²) in [5.74, 6) is -0.322. The van der Waals surface area contributed by atoms with Crippen LogP contribution in [0.25, 0.3) is 11.1 Å². The second-order valence-electron chi connectivity index (χ2n) is 11.8. The van der Waals surface area contributed by atoms with Gasteiger partial charge < -0.3 is 44.8 Å². The van der Waals surface area contributed by atoms with Crippen molar-refractivity contribution in [1.82, 2.24) is 9.80 Å². The minimum atomic E-state index is -1.83. The van der Waals surface area contributed by atoms with Gasteiger partial charge in [-0.1, -0.05) is 48.5 Å². The number of benzene rings is 2. The van der Waals surface area contributed by atoms with Crippen molar-refractivity contribution in [3.63, 3.8) is 0 Å². The molecule has 11 nitrogen and oxygen atoms in total. The minimum absolute atomic E-state index is 0.0442. The molecule has 5 N–H and O–H groups in total. The van der Waals surface area contributed by atoms with Crippen LogP contribution in [0.15, 0.2) is 48.5 Å². The Balaban J connectivity index is 1.44. The highest BCUT2D eigenvalue weighted by molar-refractivity contribution is 5.79. The Morgan fingerprint density at radius 3 is 2.00 bits per heavy atom. The van der Waals surface area contributed by atoms with Gasteiger partial charge in [-0.3, -0.25) is 0 Å². The maximum absolute atomic E-state index is 13.4. The smallest absolute Gasteiger partial charge is 0.410 e. The zero-order valence-corrected chi connectivity index (χ0v) is 23.6.